The van der Waals surface area contributed by atoms with Crippen LogP contribution in [0.15, 0.2) is 11.4 Å². The van der Waals surface area contributed by atoms with E-state index >= 15 is 0 Å². The first-order chi connectivity index (χ1) is 6.80. The van der Waals surface area contributed by atoms with Crippen LogP contribution in [-0.2, 0) is 11.2 Å². The third kappa shape index (κ3) is 3.84. The number of carboxylic acids is 1. The van der Waals surface area contributed by atoms with Crippen molar-refractivity contribution in [2.24, 2.45) is 0 Å². The van der Waals surface area contributed by atoms with Gasteiger partial charge in [-0.15, -0.1) is 12.6 Å². The molecule has 16 heavy (non-hydrogen) atoms. The fraction of sp³-hybridized carbons (Fsp3) is 0.556. The lowest BCUT2D eigenvalue weighted by atomic mass is 10.1. The molecule has 0 amide bonds. The third-order valence-electron chi connectivity index (χ3n) is 2.24. The first-order valence-electron chi connectivity index (χ1n) is 4.58. The number of aromatic amines is 1. The quantitative estimate of drug-likeness (QED) is 0.524. The second-order valence-electron chi connectivity index (χ2n) is 4.39. The van der Waals surface area contributed by atoms with Crippen LogP contribution in [0.25, 0.3) is 0 Å². The van der Waals surface area contributed by atoms with E-state index in [1.807, 2.05) is 21.1 Å². The van der Waals surface area contributed by atoms with Crippen LogP contribution in [0.5, 0.6) is 0 Å². The number of carboxylic acid groups (broad SMARTS) is 1. The standard InChI is InChI=1S/C9H15N3O2S.H2O/c1-12(2,3)7(8(13)14)4-6-5-10-9(15)11-6;/h5,7H,4H2,1-3H3,(H2-,10,11,13,14,15);1H2/t7-;/m0./s1. The fourth-order valence-electron chi connectivity index (χ4n) is 1.34. The molecule has 92 valence electrons. The second-order valence-corrected chi connectivity index (χ2v) is 4.81. The average molecular weight is 247 g/mol. The zero-order valence-electron chi connectivity index (χ0n) is 9.51. The summed E-state index contributed by atoms with van der Waals surface area (Å²) in [4.78, 5) is 18.0. The van der Waals surface area contributed by atoms with Gasteiger partial charge in [-0.2, -0.15) is 0 Å². The Labute approximate surface area is 99.6 Å². The second kappa shape index (κ2) is 5.33. The van der Waals surface area contributed by atoms with Crippen molar-refractivity contribution in [3.8, 4) is 0 Å². The largest absolute Gasteiger partial charge is 0.870 e. The van der Waals surface area contributed by atoms with Crippen molar-refractivity contribution in [2.75, 3.05) is 21.1 Å². The molecule has 0 aromatic carbocycles. The van der Waals surface area contributed by atoms with Gasteiger partial charge in [0.1, 0.15) is 0 Å². The summed E-state index contributed by atoms with van der Waals surface area (Å²) in [6.45, 7) is 0. The number of carbonyl (C=O) groups is 1. The van der Waals surface area contributed by atoms with Crippen molar-refractivity contribution >= 4 is 18.6 Å². The Morgan fingerprint density at radius 3 is 2.50 bits per heavy atom. The van der Waals surface area contributed by atoms with Gasteiger partial charge in [-0.25, -0.2) is 9.78 Å². The van der Waals surface area contributed by atoms with Gasteiger partial charge in [-0.05, 0) is 0 Å². The van der Waals surface area contributed by atoms with E-state index in [4.69, 9.17) is 5.11 Å². The molecule has 0 saturated carbocycles. The maximum Gasteiger partial charge on any atom is 0.362 e. The number of aromatic nitrogens is 2. The van der Waals surface area contributed by atoms with Crippen LogP contribution in [0.2, 0.25) is 0 Å². The van der Waals surface area contributed by atoms with Crippen LogP contribution in [0, 0.1) is 0 Å². The zero-order chi connectivity index (χ0) is 11.6. The highest BCUT2D eigenvalue weighted by Gasteiger charge is 2.32. The van der Waals surface area contributed by atoms with Crippen molar-refractivity contribution in [2.45, 2.75) is 17.6 Å². The Morgan fingerprint density at radius 1 is 1.62 bits per heavy atom. The molecule has 0 unspecified atom stereocenters. The van der Waals surface area contributed by atoms with Crippen LogP contribution in [0.3, 0.4) is 0 Å². The van der Waals surface area contributed by atoms with Crippen molar-refractivity contribution in [1.29, 1.82) is 0 Å². The number of quaternary nitrogens is 1. The van der Waals surface area contributed by atoms with Gasteiger partial charge < -0.3 is 20.0 Å². The maximum absolute atomic E-state index is 11.1. The number of hydrogen-bond donors (Lipinski definition) is 3. The lowest BCUT2D eigenvalue weighted by molar-refractivity contribution is -0.887. The minimum Gasteiger partial charge on any atom is -0.870 e. The van der Waals surface area contributed by atoms with E-state index in [1.165, 1.54) is 0 Å². The number of nitrogens with zero attached hydrogens (tertiary/aromatic N) is 2. The highest BCUT2D eigenvalue weighted by molar-refractivity contribution is 7.80. The Kier molecular flexibility index (Phi) is 4.98. The van der Waals surface area contributed by atoms with Crippen LogP contribution >= 0.6 is 12.6 Å². The van der Waals surface area contributed by atoms with E-state index in [0.717, 1.165) is 5.69 Å². The van der Waals surface area contributed by atoms with Crippen LogP contribution < -0.4 is 0 Å². The molecule has 6 nitrogen and oxygen atoms in total. The van der Waals surface area contributed by atoms with E-state index in [9.17, 15) is 4.79 Å². The van der Waals surface area contributed by atoms with Crippen molar-refractivity contribution < 1.29 is 19.9 Å². The molecule has 0 aliphatic rings. The first kappa shape index (κ1) is 14.9. The first-order valence-corrected chi connectivity index (χ1v) is 5.02. The minimum atomic E-state index is -0.814. The Bertz CT molecular complexity index is 359. The monoisotopic (exact) mass is 247 g/mol. The van der Waals surface area contributed by atoms with Crippen LogP contribution in [-0.4, -0.2) is 58.2 Å². The predicted molar refractivity (Wildman–Crippen MR) is 60.9 cm³/mol. The summed E-state index contributed by atoms with van der Waals surface area (Å²) in [5.41, 5.74) is 0.723. The van der Waals surface area contributed by atoms with E-state index in [0.29, 0.717) is 16.1 Å². The van der Waals surface area contributed by atoms with Gasteiger partial charge in [0, 0.05) is 6.20 Å². The molecule has 3 N–H and O–H groups in total. The van der Waals surface area contributed by atoms with E-state index in [2.05, 4.69) is 22.6 Å². The van der Waals surface area contributed by atoms with E-state index in [-0.39, 0.29) is 5.48 Å². The number of H-pyrrole nitrogens is 1. The van der Waals surface area contributed by atoms with Crippen molar-refractivity contribution in [3.63, 3.8) is 0 Å². The summed E-state index contributed by atoms with van der Waals surface area (Å²) in [7, 11) is 5.56. The van der Waals surface area contributed by atoms with Crippen LogP contribution in [0.4, 0.5) is 0 Å². The minimum absolute atomic E-state index is 0. The summed E-state index contributed by atoms with van der Waals surface area (Å²) in [6.07, 6.45) is 2.09. The number of nitrogens with one attached hydrogen (secondary N) is 1. The highest BCUT2D eigenvalue weighted by Crippen LogP contribution is 2.11. The van der Waals surface area contributed by atoms with Gasteiger partial charge in [0.05, 0.1) is 33.3 Å². The molecule has 0 saturated heterocycles. The van der Waals surface area contributed by atoms with E-state index in [1.54, 1.807) is 6.20 Å². The summed E-state index contributed by atoms with van der Waals surface area (Å²) < 4.78 is 0.365. The number of hydrogen-bond acceptors (Lipinski definition) is 4. The van der Waals surface area contributed by atoms with Gasteiger partial charge in [0.2, 0.25) is 0 Å². The number of imidazole rings is 1. The van der Waals surface area contributed by atoms with Gasteiger partial charge >= 0.3 is 5.97 Å². The summed E-state index contributed by atoms with van der Waals surface area (Å²) in [6, 6.07) is -0.499. The molecular weight excluding hydrogens is 230 g/mol. The van der Waals surface area contributed by atoms with E-state index < -0.39 is 12.0 Å². The van der Waals surface area contributed by atoms with Gasteiger partial charge in [0.15, 0.2) is 11.2 Å². The molecule has 1 atom stereocenters. The molecule has 0 aliphatic carbocycles. The molecule has 1 heterocycles. The number of rotatable bonds is 4. The molecule has 0 spiro atoms. The molecule has 0 bridgehead atoms. The maximum atomic E-state index is 11.1. The molecule has 0 aliphatic heterocycles. The lowest BCUT2D eigenvalue weighted by Crippen LogP contribution is -2.51. The fourth-order valence-corrected chi connectivity index (χ4v) is 1.54. The SMILES string of the molecule is C[N+](C)(C)[C@@H](Cc1c[nH]c(S)n1)C(=O)O.[OH-]. The third-order valence-corrected chi connectivity index (χ3v) is 2.47. The average Bonchev–Trinajstić information content (AvgIpc) is 2.44. The summed E-state index contributed by atoms with van der Waals surface area (Å²) in [5.74, 6) is -0.814. The number of thiol groups is 1. The normalized spacial score (nSPS) is 13.0. The van der Waals surface area contributed by atoms with Crippen molar-refractivity contribution in [1.82, 2.24) is 9.97 Å². The number of likely N-dealkylation sites (N-methyl/N-ethyl adjacent to an activating group) is 1. The molecule has 1 rings (SSSR count). The highest BCUT2D eigenvalue weighted by atomic mass is 32.1. The lowest BCUT2D eigenvalue weighted by Gasteiger charge is -2.30. The number of aliphatic carboxylic acids is 1. The Hall–Kier alpha value is -1.05. The molecule has 7 heteroatoms. The molecule has 0 fully saturated rings. The molecule has 0 radical (unpaired) electrons. The predicted octanol–water partition coefficient (Wildman–Crippen LogP) is 0.224. The molecular formula is C9H17N3O3S. The Morgan fingerprint density at radius 2 is 2.19 bits per heavy atom. The van der Waals surface area contributed by atoms with Crippen LogP contribution in [0.1, 0.15) is 5.69 Å². The molecule has 1 aromatic rings. The zero-order valence-corrected chi connectivity index (χ0v) is 10.4. The molecule has 1 aromatic heterocycles. The van der Waals surface area contributed by atoms with Gasteiger partial charge in [-0.3, -0.25) is 0 Å². The van der Waals surface area contributed by atoms with Gasteiger partial charge in [-0.1, -0.05) is 0 Å². The van der Waals surface area contributed by atoms with Gasteiger partial charge in [0.25, 0.3) is 0 Å². The Balaban J connectivity index is 0.00000225. The topological polar surface area (TPSA) is 96.0 Å². The smallest absolute Gasteiger partial charge is 0.362 e. The summed E-state index contributed by atoms with van der Waals surface area (Å²) in [5, 5.41) is 9.61. The summed E-state index contributed by atoms with van der Waals surface area (Å²) >= 11 is 4.03. The van der Waals surface area contributed by atoms with Crippen molar-refractivity contribution in [3.05, 3.63) is 11.9 Å².